The van der Waals surface area contributed by atoms with Crippen LogP contribution in [0, 0.1) is 12.8 Å². The molecule has 0 bridgehead atoms. The van der Waals surface area contributed by atoms with Crippen LogP contribution in [0.4, 0.5) is 0 Å². The second kappa shape index (κ2) is 7.60. The SMILES string of the molecule is Cc1ccc(Cl)cc1C(=O)N(CCC(N)=S)CC(C)C. The minimum absolute atomic E-state index is 0.0186. The Hall–Kier alpha value is -1.13. The third-order valence-corrected chi connectivity index (χ3v) is 3.37. The van der Waals surface area contributed by atoms with E-state index in [4.69, 9.17) is 29.6 Å². The highest BCUT2D eigenvalue weighted by Gasteiger charge is 2.19. The first-order valence-corrected chi connectivity index (χ1v) is 7.43. The molecule has 0 unspecified atom stereocenters. The van der Waals surface area contributed by atoms with Crippen LogP contribution in [-0.2, 0) is 0 Å². The molecule has 3 nitrogen and oxygen atoms in total. The summed E-state index contributed by atoms with van der Waals surface area (Å²) in [6, 6.07) is 5.36. The van der Waals surface area contributed by atoms with Crippen molar-refractivity contribution >= 4 is 34.7 Å². The minimum atomic E-state index is -0.0186. The maximum Gasteiger partial charge on any atom is 0.254 e. The number of thiocarbonyl (C=S) groups is 1. The molecular formula is C15H21ClN2OS. The van der Waals surface area contributed by atoms with Crippen molar-refractivity contribution < 1.29 is 4.79 Å². The van der Waals surface area contributed by atoms with Gasteiger partial charge < -0.3 is 10.6 Å². The van der Waals surface area contributed by atoms with Crippen LogP contribution in [0.25, 0.3) is 0 Å². The van der Waals surface area contributed by atoms with E-state index in [9.17, 15) is 4.79 Å². The predicted octanol–water partition coefficient (Wildman–Crippen LogP) is 3.42. The van der Waals surface area contributed by atoms with Crippen LogP contribution in [0.5, 0.6) is 0 Å². The number of carbonyl (C=O) groups is 1. The maximum atomic E-state index is 12.6. The number of hydrogen-bond donors (Lipinski definition) is 1. The quantitative estimate of drug-likeness (QED) is 0.819. The third-order valence-electron chi connectivity index (χ3n) is 2.93. The summed E-state index contributed by atoms with van der Waals surface area (Å²) in [6.45, 7) is 7.27. The van der Waals surface area contributed by atoms with Gasteiger partial charge >= 0.3 is 0 Å². The summed E-state index contributed by atoms with van der Waals surface area (Å²) >= 11 is 10.9. The Bertz CT molecular complexity index is 503. The van der Waals surface area contributed by atoms with Gasteiger partial charge in [-0.2, -0.15) is 0 Å². The van der Waals surface area contributed by atoms with Crippen LogP contribution < -0.4 is 5.73 Å². The Kier molecular flexibility index (Phi) is 6.43. The van der Waals surface area contributed by atoms with Gasteiger partial charge in [-0.05, 0) is 30.5 Å². The molecule has 1 amide bonds. The van der Waals surface area contributed by atoms with Gasteiger partial charge in [0.25, 0.3) is 5.91 Å². The highest BCUT2D eigenvalue weighted by molar-refractivity contribution is 7.80. The van der Waals surface area contributed by atoms with E-state index in [2.05, 4.69) is 13.8 Å². The van der Waals surface area contributed by atoms with Crippen LogP contribution in [0.1, 0.15) is 36.2 Å². The van der Waals surface area contributed by atoms with Gasteiger partial charge in [0.05, 0.1) is 4.99 Å². The molecule has 1 aromatic carbocycles. The standard InChI is InChI=1S/C15H21ClN2OS/c1-10(2)9-18(7-6-14(17)20)15(19)13-8-12(16)5-4-11(13)3/h4-5,8,10H,6-7,9H2,1-3H3,(H2,17,20). The molecule has 0 aliphatic heterocycles. The van der Waals surface area contributed by atoms with Gasteiger partial charge in [-0.1, -0.05) is 43.7 Å². The number of halogens is 1. The zero-order chi connectivity index (χ0) is 15.3. The van der Waals surface area contributed by atoms with E-state index in [0.29, 0.717) is 41.0 Å². The second-order valence-corrected chi connectivity index (χ2v) is 6.28. The number of carbonyl (C=O) groups excluding carboxylic acids is 1. The maximum absolute atomic E-state index is 12.6. The first-order chi connectivity index (χ1) is 9.31. The highest BCUT2D eigenvalue weighted by Crippen LogP contribution is 2.18. The predicted molar refractivity (Wildman–Crippen MR) is 88.3 cm³/mol. The van der Waals surface area contributed by atoms with Crippen molar-refractivity contribution in [2.24, 2.45) is 11.7 Å². The van der Waals surface area contributed by atoms with E-state index >= 15 is 0 Å². The van der Waals surface area contributed by atoms with Crippen molar-refractivity contribution in [2.45, 2.75) is 27.2 Å². The Morgan fingerprint density at radius 2 is 2.10 bits per heavy atom. The molecule has 0 aliphatic rings. The summed E-state index contributed by atoms with van der Waals surface area (Å²) in [5, 5.41) is 0.567. The van der Waals surface area contributed by atoms with Gasteiger partial charge in [-0.15, -0.1) is 0 Å². The summed E-state index contributed by atoms with van der Waals surface area (Å²) in [5.41, 5.74) is 7.10. The van der Waals surface area contributed by atoms with Crippen molar-refractivity contribution in [2.75, 3.05) is 13.1 Å². The van der Waals surface area contributed by atoms with Crippen LogP contribution >= 0.6 is 23.8 Å². The topological polar surface area (TPSA) is 46.3 Å². The molecule has 1 rings (SSSR count). The number of nitrogens with two attached hydrogens (primary N) is 1. The Balaban J connectivity index is 2.96. The molecule has 0 spiro atoms. The summed E-state index contributed by atoms with van der Waals surface area (Å²) in [6.07, 6.45) is 0.535. The summed E-state index contributed by atoms with van der Waals surface area (Å²) in [4.78, 5) is 14.9. The zero-order valence-electron chi connectivity index (χ0n) is 12.1. The summed E-state index contributed by atoms with van der Waals surface area (Å²) in [5.74, 6) is 0.361. The number of nitrogens with zero attached hydrogens (tertiary/aromatic N) is 1. The van der Waals surface area contributed by atoms with Crippen LogP contribution in [-0.4, -0.2) is 28.9 Å². The number of rotatable bonds is 6. The lowest BCUT2D eigenvalue weighted by Crippen LogP contribution is -2.36. The van der Waals surface area contributed by atoms with Gasteiger partial charge in [-0.3, -0.25) is 4.79 Å². The molecule has 0 saturated carbocycles. The molecule has 0 radical (unpaired) electrons. The molecule has 5 heteroatoms. The van der Waals surface area contributed by atoms with Crippen molar-refractivity contribution in [1.29, 1.82) is 0 Å². The van der Waals surface area contributed by atoms with Gasteiger partial charge in [0.2, 0.25) is 0 Å². The lowest BCUT2D eigenvalue weighted by molar-refractivity contribution is 0.0740. The van der Waals surface area contributed by atoms with E-state index in [0.717, 1.165) is 5.56 Å². The molecule has 20 heavy (non-hydrogen) atoms. The first kappa shape index (κ1) is 16.9. The fourth-order valence-electron chi connectivity index (χ4n) is 1.96. The number of hydrogen-bond acceptors (Lipinski definition) is 2. The van der Waals surface area contributed by atoms with Crippen molar-refractivity contribution in [3.63, 3.8) is 0 Å². The van der Waals surface area contributed by atoms with Crippen molar-refractivity contribution in [3.05, 3.63) is 34.3 Å². The smallest absolute Gasteiger partial charge is 0.254 e. The van der Waals surface area contributed by atoms with E-state index in [1.165, 1.54) is 0 Å². The summed E-state index contributed by atoms with van der Waals surface area (Å²) < 4.78 is 0. The number of benzene rings is 1. The van der Waals surface area contributed by atoms with Crippen LogP contribution in [0.2, 0.25) is 5.02 Å². The third kappa shape index (κ3) is 5.10. The van der Waals surface area contributed by atoms with Gasteiger partial charge in [0.15, 0.2) is 0 Å². The average molecular weight is 313 g/mol. The van der Waals surface area contributed by atoms with Crippen molar-refractivity contribution in [3.8, 4) is 0 Å². The summed E-state index contributed by atoms with van der Waals surface area (Å²) in [7, 11) is 0. The van der Waals surface area contributed by atoms with E-state index in [-0.39, 0.29) is 5.91 Å². The molecule has 1 aromatic rings. The fraction of sp³-hybridized carbons (Fsp3) is 0.467. The monoisotopic (exact) mass is 312 g/mol. The molecule has 0 aromatic heterocycles. The molecule has 0 aliphatic carbocycles. The molecule has 2 N–H and O–H groups in total. The molecule has 0 atom stereocenters. The largest absolute Gasteiger partial charge is 0.393 e. The highest BCUT2D eigenvalue weighted by atomic mass is 35.5. The van der Waals surface area contributed by atoms with Crippen molar-refractivity contribution in [1.82, 2.24) is 4.90 Å². The van der Waals surface area contributed by atoms with Crippen LogP contribution in [0.3, 0.4) is 0 Å². The molecule has 0 saturated heterocycles. The van der Waals surface area contributed by atoms with E-state index < -0.39 is 0 Å². The van der Waals surface area contributed by atoms with Crippen LogP contribution in [0.15, 0.2) is 18.2 Å². The molecular weight excluding hydrogens is 292 g/mol. The average Bonchev–Trinajstić information content (AvgIpc) is 2.36. The van der Waals surface area contributed by atoms with E-state index in [1.807, 2.05) is 13.0 Å². The molecule has 110 valence electrons. The van der Waals surface area contributed by atoms with E-state index in [1.54, 1.807) is 17.0 Å². The van der Waals surface area contributed by atoms with Gasteiger partial charge in [0.1, 0.15) is 0 Å². The Morgan fingerprint density at radius 1 is 1.45 bits per heavy atom. The zero-order valence-corrected chi connectivity index (χ0v) is 13.7. The number of aryl methyl sites for hydroxylation is 1. The lowest BCUT2D eigenvalue weighted by Gasteiger charge is -2.25. The Labute approximate surface area is 131 Å². The normalized spacial score (nSPS) is 10.7. The molecule has 0 heterocycles. The second-order valence-electron chi connectivity index (χ2n) is 5.32. The Morgan fingerprint density at radius 3 is 2.65 bits per heavy atom. The minimum Gasteiger partial charge on any atom is -0.393 e. The number of amides is 1. The first-order valence-electron chi connectivity index (χ1n) is 6.65. The van der Waals surface area contributed by atoms with Gasteiger partial charge in [-0.25, -0.2) is 0 Å². The fourth-order valence-corrected chi connectivity index (χ4v) is 2.22. The lowest BCUT2D eigenvalue weighted by atomic mass is 10.1. The van der Waals surface area contributed by atoms with Gasteiger partial charge in [0, 0.05) is 30.1 Å². The molecule has 0 fully saturated rings.